The van der Waals surface area contributed by atoms with Crippen LogP contribution in [0.15, 0.2) is 48.5 Å². The lowest BCUT2D eigenvalue weighted by Crippen LogP contribution is -2.23. The molecule has 0 heterocycles. The minimum Gasteiger partial charge on any atom is -0.508 e. The molecule has 0 aliphatic heterocycles. The number of rotatable bonds is 2. The van der Waals surface area contributed by atoms with Crippen molar-refractivity contribution in [2.45, 2.75) is 26.4 Å². The Kier molecular flexibility index (Phi) is 3.79. The molecule has 3 heteroatoms. The third kappa shape index (κ3) is 3.60. The van der Waals surface area contributed by atoms with Crippen LogP contribution in [0.1, 0.15) is 31.1 Å². The van der Waals surface area contributed by atoms with Crippen LogP contribution in [0.4, 0.5) is 0 Å². The number of hydrogen-bond donors (Lipinski definition) is 1. The summed E-state index contributed by atoms with van der Waals surface area (Å²) in [7, 11) is 0. The molecule has 1 N–H and O–H groups in total. The molecule has 0 radical (unpaired) electrons. The highest BCUT2D eigenvalue weighted by atomic mass is 16.6. The van der Waals surface area contributed by atoms with Crippen molar-refractivity contribution in [3.63, 3.8) is 0 Å². The number of phenols is 1. The summed E-state index contributed by atoms with van der Waals surface area (Å²) >= 11 is 0. The second-order valence-corrected chi connectivity index (χ2v) is 5.63. The van der Waals surface area contributed by atoms with Crippen molar-refractivity contribution in [1.82, 2.24) is 0 Å². The first kappa shape index (κ1) is 14.1. The van der Waals surface area contributed by atoms with E-state index in [-0.39, 0.29) is 11.7 Å². The number of carbonyl (C=O) groups excluding carboxylic acids is 1. The molecular weight excluding hydrogens is 252 g/mol. The van der Waals surface area contributed by atoms with Crippen molar-refractivity contribution in [3.8, 4) is 16.9 Å². The van der Waals surface area contributed by atoms with Gasteiger partial charge in [-0.25, -0.2) is 4.79 Å². The van der Waals surface area contributed by atoms with Crippen molar-refractivity contribution in [3.05, 3.63) is 54.1 Å². The molecule has 0 unspecified atom stereocenters. The van der Waals surface area contributed by atoms with E-state index in [1.165, 1.54) is 0 Å². The molecule has 0 spiro atoms. The maximum Gasteiger partial charge on any atom is 0.338 e. The molecule has 2 rings (SSSR count). The molecule has 0 atom stereocenters. The van der Waals surface area contributed by atoms with Gasteiger partial charge in [0.2, 0.25) is 0 Å². The van der Waals surface area contributed by atoms with Crippen LogP contribution in [0.25, 0.3) is 11.1 Å². The van der Waals surface area contributed by atoms with E-state index in [1.54, 1.807) is 30.3 Å². The molecule has 0 aliphatic carbocycles. The Morgan fingerprint density at radius 3 is 2.20 bits per heavy atom. The van der Waals surface area contributed by atoms with E-state index in [0.29, 0.717) is 5.56 Å². The lowest BCUT2D eigenvalue weighted by atomic mass is 10.0. The summed E-state index contributed by atoms with van der Waals surface area (Å²) in [5, 5.41) is 9.47. The predicted octanol–water partition coefficient (Wildman–Crippen LogP) is 4.01. The van der Waals surface area contributed by atoms with Gasteiger partial charge in [-0.05, 0) is 56.2 Å². The predicted molar refractivity (Wildman–Crippen MR) is 78.7 cm³/mol. The van der Waals surface area contributed by atoms with Crippen LogP contribution in [0.3, 0.4) is 0 Å². The fourth-order valence-electron chi connectivity index (χ4n) is 1.82. The Morgan fingerprint density at radius 1 is 1.00 bits per heavy atom. The highest BCUT2D eigenvalue weighted by Gasteiger charge is 2.17. The Bertz CT molecular complexity index is 607. The molecule has 0 amide bonds. The first-order chi connectivity index (χ1) is 9.35. The summed E-state index contributed by atoms with van der Waals surface area (Å²) in [4.78, 5) is 11.9. The summed E-state index contributed by atoms with van der Waals surface area (Å²) < 4.78 is 5.31. The van der Waals surface area contributed by atoms with Crippen molar-refractivity contribution < 1.29 is 14.6 Å². The molecule has 0 aliphatic rings. The van der Waals surface area contributed by atoms with Crippen LogP contribution in [0, 0.1) is 0 Å². The average molecular weight is 270 g/mol. The van der Waals surface area contributed by atoms with Crippen molar-refractivity contribution in [1.29, 1.82) is 0 Å². The molecular formula is C17H18O3. The van der Waals surface area contributed by atoms with Gasteiger partial charge >= 0.3 is 5.97 Å². The van der Waals surface area contributed by atoms with Gasteiger partial charge in [-0.1, -0.05) is 24.3 Å². The van der Waals surface area contributed by atoms with Gasteiger partial charge in [-0.2, -0.15) is 0 Å². The van der Waals surface area contributed by atoms with E-state index in [4.69, 9.17) is 4.74 Å². The summed E-state index contributed by atoms with van der Waals surface area (Å²) in [6.07, 6.45) is 0. The summed E-state index contributed by atoms with van der Waals surface area (Å²) in [6, 6.07) is 14.1. The third-order valence-electron chi connectivity index (χ3n) is 2.70. The molecule has 2 aromatic carbocycles. The van der Waals surface area contributed by atoms with E-state index < -0.39 is 5.60 Å². The van der Waals surface area contributed by atoms with E-state index in [1.807, 2.05) is 39.0 Å². The number of benzene rings is 2. The zero-order valence-corrected chi connectivity index (χ0v) is 11.9. The molecule has 0 saturated carbocycles. The van der Waals surface area contributed by atoms with Gasteiger partial charge in [0.25, 0.3) is 0 Å². The lowest BCUT2D eigenvalue weighted by Gasteiger charge is -2.19. The smallest absolute Gasteiger partial charge is 0.338 e. The Morgan fingerprint density at radius 2 is 1.65 bits per heavy atom. The van der Waals surface area contributed by atoms with Crippen molar-refractivity contribution >= 4 is 5.97 Å². The first-order valence-corrected chi connectivity index (χ1v) is 6.48. The van der Waals surface area contributed by atoms with Gasteiger partial charge in [-0.3, -0.25) is 0 Å². The van der Waals surface area contributed by atoms with Crippen LogP contribution in [0.2, 0.25) is 0 Å². The fourth-order valence-corrected chi connectivity index (χ4v) is 1.82. The standard InChI is InChI=1S/C17H18O3/c1-17(2,3)20-16(19)13-9-7-12(8-10-13)14-5-4-6-15(18)11-14/h4-11,18H,1-3H3. The maximum atomic E-state index is 11.9. The Hall–Kier alpha value is -2.29. The summed E-state index contributed by atoms with van der Waals surface area (Å²) in [5.41, 5.74) is 1.86. The average Bonchev–Trinajstić information content (AvgIpc) is 2.37. The minimum absolute atomic E-state index is 0.221. The van der Waals surface area contributed by atoms with Crippen LogP contribution < -0.4 is 0 Å². The minimum atomic E-state index is -0.499. The summed E-state index contributed by atoms with van der Waals surface area (Å²) in [5.74, 6) is -0.112. The highest BCUT2D eigenvalue weighted by Crippen LogP contribution is 2.24. The normalized spacial score (nSPS) is 11.2. The number of carbonyl (C=O) groups is 1. The van der Waals surface area contributed by atoms with Gasteiger partial charge in [0.05, 0.1) is 5.56 Å². The molecule has 20 heavy (non-hydrogen) atoms. The molecule has 0 bridgehead atoms. The molecule has 3 nitrogen and oxygen atoms in total. The Labute approximate surface area is 118 Å². The molecule has 0 fully saturated rings. The zero-order valence-electron chi connectivity index (χ0n) is 11.9. The molecule has 0 saturated heterocycles. The largest absolute Gasteiger partial charge is 0.508 e. The van der Waals surface area contributed by atoms with Gasteiger partial charge in [0.15, 0.2) is 0 Å². The quantitative estimate of drug-likeness (QED) is 0.838. The molecule has 0 aromatic heterocycles. The fraction of sp³-hybridized carbons (Fsp3) is 0.235. The van der Waals surface area contributed by atoms with Crippen LogP contribution in [-0.4, -0.2) is 16.7 Å². The number of aromatic hydroxyl groups is 1. The highest BCUT2D eigenvalue weighted by molar-refractivity contribution is 5.90. The topological polar surface area (TPSA) is 46.5 Å². The van der Waals surface area contributed by atoms with E-state index in [9.17, 15) is 9.90 Å². The Balaban J connectivity index is 2.20. The van der Waals surface area contributed by atoms with Crippen LogP contribution in [0.5, 0.6) is 5.75 Å². The summed E-state index contributed by atoms with van der Waals surface area (Å²) in [6.45, 7) is 5.52. The number of ether oxygens (including phenoxy) is 1. The maximum absolute atomic E-state index is 11.9. The van der Waals surface area contributed by atoms with Gasteiger partial charge in [0, 0.05) is 0 Å². The number of esters is 1. The van der Waals surface area contributed by atoms with Gasteiger partial charge in [-0.15, -0.1) is 0 Å². The first-order valence-electron chi connectivity index (χ1n) is 6.48. The van der Waals surface area contributed by atoms with Crippen LogP contribution >= 0.6 is 0 Å². The van der Waals surface area contributed by atoms with Crippen molar-refractivity contribution in [2.75, 3.05) is 0 Å². The van der Waals surface area contributed by atoms with Crippen molar-refractivity contribution in [2.24, 2.45) is 0 Å². The lowest BCUT2D eigenvalue weighted by molar-refractivity contribution is 0.00696. The zero-order chi connectivity index (χ0) is 14.8. The third-order valence-corrected chi connectivity index (χ3v) is 2.70. The second kappa shape index (κ2) is 5.37. The molecule has 104 valence electrons. The van der Waals surface area contributed by atoms with Gasteiger partial charge in [0.1, 0.15) is 11.4 Å². The van der Waals surface area contributed by atoms with E-state index in [2.05, 4.69) is 0 Å². The van der Waals surface area contributed by atoms with Crippen LogP contribution in [-0.2, 0) is 4.74 Å². The van der Waals surface area contributed by atoms with E-state index in [0.717, 1.165) is 11.1 Å². The molecule has 2 aromatic rings. The SMILES string of the molecule is CC(C)(C)OC(=O)c1ccc(-c2cccc(O)c2)cc1. The second-order valence-electron chi connectivity index (χ2n) is 5.63. The monoisotopic (exact) mass is 270 g/mol. The van der Waals surface area contributed by atoms with Gasteiger partial charge < -0.3 is 9.84 Å². The number of hydrogen-bond acceptors (Lipinski definition) is 3. The van der Waals surface area contributed by atoms with E-state index >= 15 is 0 Å². The number of phenolic OH excluding ortho intramolecular Hbond substituents is 1.